The molecular weight excluding hydrogens is 362 g/mol. The number of benzene rings is 1. The van der Waals surface area contributed by atoms with Gasteiger partial charge < -0.3 is 19.9 Å². The van der Waals surface area contributed by atoms with E-state index >= 15 is 0 Å². The number of ether oxygens (including phenoxy) is 3. The van der Waals surface area contributed by atoms with Gasteiger partial charge in [-0.2, -0.15) is 0 Å². The SMILES string of the molecule is C=CC1=C(/C=C(\OCCC)C(=O)CCc2ccc(OC)c(N)c2)OCCS1. The van der Waals surface area contributed by atoms with Crippen molar-refractivity contribution < 1.29 is 19.0 Å². The minimum Gasteiger partial charge on any atom is -0.495 e. The van der Waals surface area contributed by atoms with Crippen molar-refractivity contribution in [1.82, 2.24) is 0 Å². The van der Waals surface area contributed by atoms with E-state index in [-0.39, 0.29) is 5.78 Å². The molecule has 0 amide bonds. The third-order valence-electron chi connectivity index (χ3n) is 3.96. The molecule has 0 radical (unpaired) electrons. The molecule has 1 aliphatic heterocycles. The van der Waals surface area contributed by atoms with Crippen LogP contribution < -0.4 is 10.5 Å². The Morgan fingerprint density at radius 2 is 2.26 bits per heavy atom. The van der Waals surface area contributed by atoms with E-state index in [0.717, 1.165) is 22.6 Å². The molecule has 146 valence electrons. The average molecular weight is 390 g/mol. The first kappa shape index (κ1) is 21.0. The van der Waals surface area contributed by atoms with Gasteiger partial charge in [-0.05, 0) is 30.5 Å². The van der Waals surface area contributed by atoms with E-state index in [1.54, 1.807) is 31.0 Å². The topological polar surface area (TPSA) is 70.8 Å². The monoisotopic (exact) mass is 389 g/mol. The van der Waals surface area contributed by atoms with Gasteiger partial charge in [0.05, 0.1) is 26.0 Å². The first-order valence-electron chi connectivity index (χ1n) is 9.01. The number of nitrogen functional groups attached to an aromatic ring is 1. The fraction of sp³-hybridized carbons (Fsp3) is 0.381. The van der Waals surface area contributed by atoms with Gasteiger partial charge in [0.25, 0.3) is 0 Å². The third kappa shape index (κ3) is 6.10. The van der Waals surface area contributed by atoms with Gasteiger partial charge in [-0.15, -0.1) is 11.8 Å². The molecule has 1 aromatic rings. The molecule has 2 rings (SSSR count). The Bertz CT molecular complexity index is 740. The fourth-order valence-electron chi connectivity index (χ4n) is 2.57. The van der Waals surface area contributed by atoms with Crippen LogP contribution in [-0.2, 0) is 20.7 Å². The van der Waals surface area contributed by atoms with Crippen LogP contribution in [-0.4, -0.2) is 31.9 Å². The van der Waals surface area contributed by atoms with Gasteiger partial charge in [0.15, 0.2) is 11.5 Å². The maximum atomic E-state index is 12.7. The summed E-state index contributed by atoms with van der Waals surface area (Å²) in [5.74, 6) is 2.42. The molecular formula is C21H27NO4S. The van der Waals surface area contributed by atoms with E-state index in [9.17, 15) is 4.79 Å². The molecule has 0 saturated heterocycles. The van der Waals surface area contributed by atoms with Crippen molar-refractivity contribution in [3.8, 4) is 5.75 Å². The normalized spacial score (nSPS) is 14.5. The highest BCUT2D eigenvalue weighted by Gasteiger charge is 2.17. The molecule has 0 fully saturated rings. The van der Waals surface area contributed by atoms with Crippen LogP contribution in [0.1, 0.15) is 25.3 Å². The fourth-order valence-corrected chi connectivity index (χ4v) is 3.34. The predicted molar refractivity (Wildman–Crippen MR) is 111 cm³/mol. The first-order valence-corrected chi connectivity index (χ1v) is 10.00. The second kappa shape index (κ2) is 10.7. The number of Topliss-reactive ketones (excluding diaryl/α,β-unsaturated/α-hetero) is 1. The van der Waals surface area contributed by atoms with Crippen molar-refractivity contribution in [2.24, 2.45) is 0 Å². The second-order valence-electron chi connectivity index (χ2n) is 5.99. The van der Waals surface area contributed by atoms with Crippen molar-refractivity contribution >= 4 is 23.2 Å². The lowest BCUT2D eigenvalue weighted by Gasteiger charge is -2.18. The largest absolute Gasteiger partial charge is 0.495 e. The average Bonchev–Trinajstić information content (AvgIpc) is 2.69. The summed E-state index contributed by atoms with van der Waals surface area (Å²) in [5.41, 5.74) is 7.48. The number of rotatable bonds is 10. The lowest BCUT2D eigenvalue weighted by atomic mass is 10.1. The van der Waals surface area contributed by atoms with Crippen LogP contribution in [0.5, 0.6) is 5.75 Å². The summed E-state index contributed by atoms with van der Waals surface area (Å²) in [4.78, 5) is 13.7. The van der Waals surface area contributed by atoms with Gasteiger partial charge in [0, 0.05) is 23.2 Å². The summed E-state index contributed by atoms with van der Waals surface area (Å²) < 4.78 is 16.6. The van der Waals surface area contributed by atoms with Crippen LogP contribution in [0.3, 0.4) is 0 Å². The summed E-state index contributed by atoms with van der Waals surface area (Å²) >= 11 is 1.66. The molecule has 0 bridgehead atoms. The lowest BCUT2D eigenvalue weighted by molar-refractivity contribution is -0.118. The summed E-state index contributed by atoms with van der Waals surface area (Å²) in [6.07, 6.45) is 5.16. The predicted octanol–water partition coefficient (Wildman–Crippen LogP) is 4.25. The standard InChI is InChI=1S/C21H27NO4S/c1-4-10-25-19(14-20-21(5-2)27-12-11-26-20)17(23)8-6-15-7-9-18(24-3)16(22)13-15/h5,7,9,13-14H,2,4,6,8,10-12,22H2,1,3H3/b19-14-. The minimum absolute atomic E-state index is 0.0621. The van der Waals surface area contributed by atoms with Crippen LogP contribution in [0.15, 0.2) is 53.4 Å². The van der Waals surface area contributed by atoms with Gasteiger partial charge in [-0.3, -0.25) is 4.79 Å². The van der Waals surface area contributed by atoms with E-state index in [2.05, 4.69) is 6.58 Å². The number of ketones is 1. The van der Waals surface area contributed by atoms with Crippen LogP contribution in [0, 0.1) is 0 Å². The molecule has 27 heavy (non-hydrogen) atoms. The van der Waals surface area contributed by atoms with Gasteiger partial charge in [0.2, 0.25) is 0 Å². The Kier molecular flexibility index (Phi) is 8.33. The number of anilines is 1. The number of nitrogens with two attached hydrogens (primary N) is 1. The molecule has 6 heteroatoms. The summed E-state index contributed by atoms with van der Waals surface area (Å²) in [6.45, 7) is 6.90. The molecule has 1 heterocycles. The number of hydrogen-bond acceptors (Lipinski definition) is 6. The quantitative estimate of drug-likeness (QED) is 0.366. The molecule has 0 aromatic heterocycles. The number of aryl methyl sites for hydroxylation is 1. The Hall–Kier alpha value is -2.34. The second-order valence-corrected chi connectivity index (χ2v) is 7.12. The van der Waals surface area contributed by atoms with E-state index in [1.807, 2.05) is 25.1 Å². The van der Waals surface area contributed by atoms with Gasteiger partial charge in [-0.1, -0.05) is 25.6 Å². The maximum Gasteiger partial charge on any atom is 0.197 e. The molecule has 0 atom stereocenters. The molecule has 0 saturated carbocycles. The van der Waals surface area contributed by atoms with Crippen LogP contribution in [0.4, 0.5) is 5.69 Å². The number of hydrogen-bond donors (Lipinski definition) is 1. The van der Waals surface area contributed by atoms with Crippen LogP contribution in [0.25, 0.3) is 0 Å². The van der Waals surface area contributed by atoms with Crippen molar-refractivity contribution in [3.63, 3.8) is 0 Å². The van der Waals surface area contributed by atoms with Crippen molar-refractivity contribution in [2.75, 3.05) is 31.8 Å². The zero-order valence-electron chi connectivity index (χ0n) is 16.0. The van der Waals surface area contributed by atoms with Crippen LogP contribution in [0.2, 0.25) is 0 Å². The van der Waals surface area contributed by atoms with Gasteiger partial charge in [0.1, 0.15) is 11.5 Å². The summed E-state index contributed by atoms with van der Waals surface area (Å²) in [7, 11) is 1.58. The smallest absolute Gasteiger partial charge is 0.197 e. The zero-order valence-corrected chi connectivity index (χ0v) is 16.8. The Morgan fingerprint density at radius 3 is 2.93 bits per heavy atom. The summed E-state index contributed by atoms with van der Waals surface area (Å²) in [6, 6.07) is 5.56. The number of allylic oxidation sites excluding steroid dienone is 3. The Morgan fingerprint density at radius 1 is 1.44 bits per heavy atom. The Labute approximate surface area is 165 Å². The van der Waals surface area contributed by atoms with Gasteiger partial charge in [-0.25, -0.2) is 0 Å². The molecule has 5 nitrogen and oxygen atoms in total. The van der Waals surface area contributed by atoms with E-state index < -0.39 is 0 Å². The van der Waals surface area contributed by atoms with E-state index in [4.69, 9.17) is 19.9 Å². The van der Waals surface area contributed by atoms with Crippen molar-refractivity contribution in [2.45, 2.75) is 26.2 Å². The molecule has 0 spiro atoms. The highest BCUT2D eigenvalue weighted by atomic mass is 32.2. The molecule has 1 aromatic carbocycles. The highest BCUT2D eigenvalue weighted by Crippen LogP contribution is 2.28. The first-order chi connectivity index (χ1) is 13.1. The van der Waals surface area contributed by atoms with Gasteiger partial charge >= 0.3 is 0 Å². The lowest BCUT2D eigenvalue weighted by Crippen LogP contribution is -2.11. The van der Waals surface area contributed by atoms with E-state index in [0.29, 0.717) is 49.0 Å². The molecule has 0 aliphatic carbocycles. The molecule has 0 unspecified atom stereocenters. The number of methoxy groups -OCH3 is 1. The third-order valence-corrected chi connectivity index (χ3v) is 5.01. The zero-order chi connectivity index (χ0) is 19.6. The van der Waals surface area contributed by atoms with Crippen molar-refractivity contribution in [3.05, 3.63) is 58.9 Å². The van der Waals surface area contributed by atoms with Crippen LogP contribution >= 0.6 is 11.8 Å². The molecule has 2 N–H and O–H groups in total. The number of thioether (sulfide) groups is 1. The Balaban J connectivity index is 2.12. The summed E-state index contributed by atoms with van der Waals surface area (Å²) in [5, 5.41) is 0. The highest BCUT2D eigenvalue weighted by molar-refractivity contribution is 8.03. The van der Waals surface area contributed by atoms with E-state index in [1.165, 1.54) is 0 Å². The number of carbonyl (C=O) groups is 1. The maximum absolute atomic E-state index is 12.7. The minimum atomic E-state index is -0.0621. The van der Waals surface area contributed by atoms with Crippen molar-refractivity contribution in [1.29, 1.82) is 0 Å². The number of carbonyl (C=O) groups excluding carboxylic acids is 1. The molecule has 1 aliphatic rings.